The summed E-state index contributed by atoms with van der Waals surface area (Å²) < 4.78 is 0. The second-order valence-electron chi connectivity index (χ2n) is 3.83. The van der Waals surface area contributed by atoms with Gasteiger partial charge in [0.25, 0.3) is 0 Å². The number of unbranched alkanes of at least 4 members (excludes halogenated alkanes) is 6. The summed E-state index contributed by atoms with van der Waals surface area (Å²) in [7, 11) is 0. The van der Waals surface area contributed by atoms with Crippen molar-refractivity contribution >= 4 is 0 Å². The van der Waals surface area contributed by atoms with Crippen LogP contribution in [0.15, 0.2) is 0 Å². The van der Waals surface area contributed by atoms with Crippen molar-refractivity contribution in [2.75, 3.05) is 13.2 Å². The van der Waals surface area contributed by atoms with Crippen LogP contribution >= 0.6 is 0 Å². The van der Waals surface area contributed by atoms with E-state index in [1.54, 1.807) is 0 Å². The van der Waals surface area contributed by atoms with Gasteiger partial charge in [-0.05, 0) is 12.8 Å². The highest BCUT2D eigenvalue weighted by Gasteiger charge is 1.92. The molecule has 0 aliphatic carbocycles. The predicted octanol–water partition coefficient (Wildman–Crippen LogP) is 4.03. The average molecular weight is 218 g/mol. The molecule has 0 rings (SSSR count). The van der Waals surface area contributed by atoms with Gasteiger partial charge in [0.15, 0.2) is 0 Å². The minimum Gasteiger partial charge on any atom is -0.206 e. The third-order valence-corrected chi connectivity index (χ3v) is 2.26. The molecule has 92 valence electrons. The van der Waals surface area contributed by atoms with Gasteiger partial charge in [0.05, 0.1) is 13.2 Å². The highest BCUT2D eigenvalue weighted by Crippen LogP contribution is 2.01. The summed E-state index contributed by atoms with van der Waals surface area (Å²) in [4.78, 5) is 9.73. The van der Waals surface area contributed by atoms with Gasteiger partial charge >= 0.3 is 0 Å². The van der Waals surface area contributed by atoms with Gasteiger partial charge in [-0.25, -0.2) is 9.78 Å². The van der Waals surface area contributed by atoms with Crippen molar-refractivity contribution in [2.45, 2.75) is 65.2 Å². The molecule has 0 bridgehead atoms. The van der Waals surface area contributed by atoms with Gasteiger partial charge in [-0.15, -0.1) is 0 Å². The molecule has 0 atom stereocenters. The fraction of sp³-hybridized carbons (Fsp3) is 1.00. The average Bonchev–Trinajstić information content (AvgIpc) is 2.26. The molecule has 0 spiro atoms. The van der Waals surface area contributed by atoms with Crippen LogP contribution < -0.4 is 0 Å². The van der Waals surface area contributed by atoms with E-state index < -0.39 is 0 Å². The molecule has 0 aromatic rings. The van der Waals surface area contributed by atoms with Crippen LogP contribution in [-0.2, 0) is 14.8 Å². The van der Waals surface area contributed by atoms with Crippen LogP contribution in [0.4, 0.5) is 0 Å². The van der Waals surface area contributed by atoms with Crippen molar-refractivity contribution in [3.8, 4) is 0 Å². The van der Waals surface area contributed by atoms with E-state index in [1.165, 1.54) is 38.5 Å². The van der Waals surface area contributed by atoms with E-state index in [2.05, 4.69) is 18.9 Å². The summed E-state index contributed by atoms with van der Waals surface area (Å²) in [6, 6.07) is 0. The fourth-order valence-corrected chi connectivity index (χ4v) is 1.28. The number of rotatable bonds is 12. The summed E-state index contributed by atoms with van der Waals surface area (Å²) in [5.74, 6) is 0. The van der Waals surface area contributed by atoms with E-state index in [0.717, 1.165) is 12.8 Å². The van der Waals surface area contributed by atoms with Crippen molar-refractivity contribution in [3.05, 3.63) is 0 Å². The van der Waals surface area contributed by atoms with Gasteiger partial charge in [0.1, 0.15) is 0 Å². The lowest BCUT2D eigenvalue weighted by molar-refractivity contribution is -0.512. The molecule has 0 aliphatic rings. The Kier molecular flexibility index (Phi) is 13.8. The van der Waals surface area contributed by atoms with Crippen LogP contribution in [0.1, 0.15) is 65.2 Å². The molecule has 0 N–H and O–H groups in total. The maximum absolute atomic E-state index is 4.86. The Morgan fingerprint density at radius 1 is 0.600 bits per heavy atom. The van der Waals surface area contributed by atoms with Crippen molar-refractivity contribution < 1.29 is 14.8 Å². The van der Waals surface area contributed by atoms with E-state index in [0.29, 0.717) is 13.2 Å². The topological polar surface area (TPSA) is 27.7 Å². The van der Waals surface area contributed by atoms with Crippen LogP contribution in [-0.4, -0.2) is 13.2 Å². The van der Waals surface area contributed by atoms with E-state index in [-0.39, 0.29) is 0 Å². The smallest absolute Gasteiger partial charge is 0.0853 e. The molecular formula is C12H26O3. The molecule has 0 saturated carbocycles. The van der Waals surface area contributed by atoms with Crippen molar-refractivity contribution in [1.82, 2.24) is 0 Å². The van der Waals surface area contributed by atoms with Crippen molar-refractivity contribution in [1.29, 1.82) is 0 Å². The largest absolute Gasteiger partial charge is 0.206 e. The maximum atomic E-state index is 4.86. The summed E-state index contributed by atoms with van der Waals surface area (Å²) in [5.41, 5.74) is 0. The number of hydrogen-bond donors (Lipinski definition) is 0. The third-order valence-electron chi connectivity index (χ3n) is 2.26. The molecule has 3 nitrogen and oxygen atoms in total. The lowest BCUT2D eigenvalue weighted by Crippen LogP contribution is -2.00. The Morgan fingerprint density at radius 2 is 1.07 bits per heavy atom. The van der Waals surface area contributed by atoms with Gasteiger partial charge < -0.3 is 0 Å². The maximum Gasteiger partial charge on any atom is 0.0853 e. The quantitative estimate of drug-likeness (QED) is 0.281. The van der Waals surface area contributed by atoms with E-state index >= 15 is 0 Å². The van der Waals surface area contributed by atoms with Crippen LogP contribution in [0.3, 0.4) is 0 Å². The lowest BCUT2D eigenvalue weighted by atomic mass is 10.2. The zero-order chi connectivity index (χ0) is 11.2. The van der Waals surface area contributed by atoms with Gasteiger partial charge in [0.2, 0.25) is 0 Å². The normalized spacial score (nSPS) is 10.8. The first-order valence-electron chi connectivity index (χ1n) is 6.32. The first kappa shape index (κ1) is 14.9. The molecule has 0 aliphatic heterocycles. The molecule has 0 aromatic carbocycles. The van der Waals surface area contributed by atoms with Crippen LogP contribution in [0.2, 0.25) is 0 Å². The van der Waals surface area contributed by atoms with Gasteiger partial charge in [-0.3, -0.25) is 0 Å². The molecule has 0 aromatic heterocycles. The second kappa shape index (κ2) is 13.9. The van der Waals surface area contributed by atoms with Crippen molar-refractivity contribution in [2.24, 2.45) is 0 Å². The van der Waals surface area contributed by atoms with E-state index in [4.69, 9.17) is 9.78 Å². The summed E-state index contributed by atoms with van der Waals surface area (Å²) in [6.07, 6.45) is 9.53. The van der Waals surface area contributed by atoms with Crippen molar-refractivity contribution in [3.63, 3.8) is 0 Å². The summed E-state index contributed by atoms with van der Waals surface area (Å²) >= 11 is 0. The van der Waals surface area contributed by atoms with Gasteiger partial charge in [0, 0.05) is 0 Å². The Hall–Kier alpha value is -0.120. The van der Waals surface area contributed by atoms with Crippen LogP contribution in [0.25, 0.3) is 0 Å². The highest BCUT2D eigenvalue weighted by atomic mass is 17.5. The van der Waals surface area contributed by atoms with Gasteiger partial charge in [-0.2, -0.15) is 0 Å². The lowest BCUT2D eigenvalue weighted by Gasteiger charge is -2.02. The Labute approximate surface area is 94.0 Å². The molecule has 0 saturated heterocycles. The molecular weight excluding hydrogens is 192 g/mol. The third kappa shape index (κ3) is 13.9. The van der Waals surface area contributed by atoms with E-state index in [9.17, 15) is 0 Å². The summed E-state index contributed by atoms with van der Waals surface area (Å²) in [5, 5.41) is 4.59. The highest BCUT2D eigenvalue weighted by molar-refractivity contribution is 4.37. The second-order valence-corrected chi connectivity index (χ2v) is 3.83. The first-order valence-corrected chi connectivity index (χ1v) is 6.32. The SMILES string of the molecule is CCCCCCOOOCCCCCC. The minimum absolute atomic E-state index is 0.634. The van der Waals surface area contributed by atoms with E-state index in [1.807, 2.05) is 0 Å². The number of hydrogen-bond acceptors (Lipinski definition) is 3. The zero-order valence-electron chi connectivity index (χ0n) is 10.3. The standard InChI is InChI=1S/C12H26O3/c1-3-5-7-9-11-13-15-14-12-10-8-6-4-2/h3-12H2,1-2H3. The van der Waals surface area contributed by atoms with Gasteiger partial charge in [-0.1, -0.05) is 57.4 Å². The predicted molar refractivity (Wildman–Crippen MR) is 61.3 cm³/mol. The monoisotopic (exact) mass is 218 g/mol. The molecule has 0 amide bonds. The molecule has 15 heavy (non-hydrogen) atoms. The Bertz CT molecular complexity index is 95.0. The molecule has 3 heteroatoms. The minimum atomic E-state index is 0.634. The summed E-state index contributed by atoms with van der Waals surface area (Å²) in [6.45, 7) is 5.65. The molecule has 0 unspecified atom stereocenters. The van der Waals surface area contributed by atoms with Crippen LogP contribution in [0.5, 0.6) is 0 Å². The Balaban J connectivity index is 2.81. The fourth-order valence-electron chi connectivity index (χ4n) is 1.28. The molecule has 0 radical (unpaired) electrons. The Morgan fingerprint density at radius 3 is 1.47 bits per heavy atom. The van der Waals surface area contributed by atoms with Crippen LogP contribution in [0, 0.1) is 0 Å². The first-order chi connectivity index (χ1) is 7.41. The zero-order valence-corrected chi connectivity index (χ0v) is 10.3. The molecule has 0 heterocycles. The molecule has 0 fully saturated rings.